The SMILES string of the molecule is Cc1cccc(C)c1OCCCN=C(N)N1CCN(c2nccs2)CC1.I. The number of rotatable bonds is 6. The van der Waals surface area contributed by atoms with Crippen LogP contribution >= 0.6 is 35.3 Å². The molecule has 1 saturated heterocycles. The number of aromatic nitrogens is 1. The topological polar surface area (TPSA) is 67.0 Å². The number of halogens is 1. The van der Waals surface area contributed by atoms with Crippen LogP contribution in [0.2, 0.25) is 0 Å². The third kappa shape index (κ3) is 5.97. The molecule has 0 radical (unpaired) electrons. The van der Waals surface area contributed by atoms with Gasteiger partial charge < -0.3 is 20.3 Å². The number of nitrogens with zero attached hydrogens (tertiary/aromatic N) is 4. The summed E-state index contributed by atoms with van der Waals surface area (Å²) < 4.78 is 5.91. The van der Waals surface area contributed by atoms with E-state index in [0.29, 0.717) is 19.1 Å². The van der Waals surface area contributed by atoms with Crippen molar-refractivity contribution < 1.29 is 4.74 Å². The van der Waals surface area contributed by atoms with Gasteiger partial charge in [-0.05, 0) is 25.0 Å². The van der Waals surface area contributed by atoms with Crippen LogP contribution in [0.15, 0.2) is 34.8 Å². The smallest absolute Gasteiger partial charge is 0.191 e. The van der Waals surface area contributed by atoms with Crippen LogP contribution in [-0.2, 0) is 0 Å². The van der Waals surface area contributed by atoms with E-state index in [0.717, 1.165) is 43.5 Å². The summed E-state index contributed by atoms with van der Waals surface area (Å²) in [7, 11) is 0. The number of nitrogens with two attached hydrogens (primary N) is 1. The molecule has 1 fully saturated rings. The third-order valence-electron chi connectivity index (χ3n) is 4.52. The number of aryl methyl sites for hydroxylation is 2. The van der Waals surface area contributed by atoms with Gasteiger partial charge in [-0.3, -0.25) is 4.99 Å². The van der Waals surface area contributed by atoms with Crippen molar-refractivity contribution in [3.63, 3.8) is 0 Å². The van der Waals surface area contributed by atoms with Crippen molar-refractivity contribution in [2.24, 2.45) is 10.7 Å². The van der Waals surface area contributed by atoms with Gasteiger partial charge in [0.1, 0.15) is 5.75 Å². The van der Waals surface area contributed by atoms with E-state index in [9.17, 15) is 0 Å². The number of anilines is 1. The van der Waals surface area contributed by atoms with Crippen LogP contribution in [0.5, 0.6) is 5.75 Å². The highest BCUT2D eigenvalue weighted by molar-refractivity contribution is 14.0. The lowest BCUT2D eigenvalue weighted by molar-refractivity contribution is 0.309. The van der Waals surface area contributed by atoms with Crippen LogP contribution in [0.1, 0.15) is 17.5 Å². The predicted molar refractivity (Wildman–Crippen MR) is 124 cm³/mol. The van der Waals surface area contributed by atoms with E-state index in [4.69, 9.17) is 10.5 Å². The molecule has 27 heavy (non-hydrogen) atoms. The number of para-hydroxylation sites is 1. The Morgan fingerprint density at radius 1 is 1.22 bits per heavy atom. The molecule has 1 aromatic carbocycles. The third-order valence-corrected chi connectivity index (χ3v) is 5.36. The number of hydrogen-bond donors (Lipinski definition) is 1. The minimum absolute atomic E-state index is 0. The second kappa shape index (κ2) is 10.7. The number of guanidine groups is 1. The number of benzene rings is 1. The van der Waals surface area contributed by atoms with Crippen LogP contribution in [0, 0.1) is 13.8 Å². The molecule has 2 N–H and O–H groups in total. The molecule has 1 aliphatic rings. The second-order valence-corrected chi connectivity index (χ2v) is 7.32. The van der Waals surface area contributed by atoms with Gasteiger partial charge in [-0.2, -0.15) is 0 Å². The van der Waals surface area contributed by atoms with E-state index in [1.807, 2.05) is 11.6 Å². The van der Waals surface area contributed by atoms with Crippen molar-refractivity contribution in [1.29, 1.82) is 0 Å². The fraction of sp³-hybridized carbons (Fsp3) is 0.474. The first-order valence-electron chi connectivity index (χ1n) is 9.03. The molecule has 6 nitrogen and oxygen atoms in total. The number of ether oxygens (including phenoxy) is 1. The lowest BCUT2D eigenvalue weighted by atomic mass is 10.1. The second-order valence-electron chi connectivity index (χ2n) is 6.45. The minimum atomic E-state index is 0. The first-order valence-corrected chi connectivity index (χ1v) is 9.91. The summed E-state index contributed by atoms with van der Waals surface area (Å²) in [6.07, 6.45) is 2.70. The molecule has 2 aromatic rings. The summed E-state index contributed by atoms with van der Waals surface area (Å²) in [5.41, 5.74) is 8.50. The number of hydrogen-bond acceptors (Lipinski definition) is 5. The van der Waals surface area contributed by atoms with Crippen molar-refractivity contribution >= 4 is 46.4 Å². The van der Waals surface area contributed by atoms with Crippen LogP contribution in [0.3, 0.4) is 0 Å². The number of thiazole rings is 1. The summed E-state index contributed by atoms with van der Waals surface area (Å²) in [5, 5.41) is 3.10. The maximum absolute atomic E-state index is 6.16. The molecule has 0 amide bonds. The average Bonchev–Trinajstić information content (AvgIpc) is 3.18. The molecule has 0 spiro atoms. The molecular formula is C19H28IN5OS. The number of piperazine rings is 1. The molecule has 1 aliphatic heterocycles. The monoisotopic (exact) mass is 501 g/mol. The zero-order chi connectivity index (χ0) is 18.4. The zero-order valence-electron chi connectivity index (χ0n) is 15.9. The maximum Gasteiger partial charge on any atom is 0.191 e. The van der Waals surface area contributed by atoms with Crippen LogP contribution in [0.4, 0.5) is 5.13 Å². The van der Waals surface area contributed by atoms with Crippen molar-refractivity contribution in [3.8, 4) is 5.75 Å². The van der Waals surface area contributed by atoms with E-state index in [-0.39, 0.29) is 24.0 Å². The van der Waals surface area contributed by atoms with Gasteiger partial charge in [0, 0.05) is 50.7 Å². The van der Waals surface area contributed by atoms with Gasteiger partial charge in [-0.25, -0.2) is 4.98 Å². The Morgan fingerprint density at radius 3 is 2.56 bits per heavy atom. The lowest BCUT2D eigenvalue weighted by Gasteiger charge is -2.35. The van der Waals surface area contributed by atoms with Gasteiger partial charge in [0.05, 0.1) is 6.61 Å². The van der Waals surface area contributed by atoms with Gasteiger partial charge in [0.25, 0.3) is 0 Å². The summed E-state index contributed by atoms with van der Waals surface area (Å²) in [6, 6.07) is 6.20. The summed E-state index contributed by atoms with van der Waals surface area (Å²) in [4.78, 5) is 13.3. The molecule has 1 aromatic heterocycles. The Balaban J connectivity index is 0.00000261. The standard InChI is InChI=1S/C19H27N5OS.HI/c1-15-5-3-6-16(2)17(15)25-13-4-7-21-18(20)23-9-11-24(12-10-23)19-22-8-14-26-19;/h3,5-6,8,14H,4,7,9-13H2,1-2H3,(H2,20,21);1H. The van der Waals surface area contributed by atoms with Crippen molar-refractivity contribution in [3.05, 3.63) is 40.9 Å². The lowest BCUT2D eigenvalue weighted by Crippen LogP contribution is -2.51. The minimum Gasteiger partial charge on any atom is -0.493 e. The van der Waals surface area contributed by atoms with Gasteiger partial charge >= 0.3 is 0 Å². The van der Waals surface area contributed by atoms with Gasteiger partial charge in [-0.15, -0.1) is 35.3 Å². The van der Waals surface area contributed by atoms with Crippen molar-refractivity contribution in [1.82, 2.24) is 9.88 Å². The fourth-order valence-corrected chi connectivity index (χ4v) is 3.75. The molecule has 0 saturated carbocycles. The zero-order valence-corrected chi connectivity index (χ0v) is 19.1. The first kappa shape index (κ1) is 21.7. The molecule has 2 heterocycles. The molecule has 148 valence electrons. The predicted octanol–water partition coefficient (Wildman–Crippen LogP) is 3.28. The van der Waals surface area contributed by atoms with Crippen LogP contribution in [0.25, 0.3) is 0 Å². The Bertz CT molecular complexity index is 709. The average molecular weight is 501 g/mol. The van der Waals surface area contributed by atoms with Crippen molar-refractivity contribution in [2.75, 3.05) is 44.2 Å². The largest absolute Gasteiger partial charge is 0.493 e. The molecule has 0 bridgehead atoms. The van der Waals surface area contributed by atoms with E-state index >= 15 is 0 Å². The Morgan fingerprint density at radius 2 is 1.93 bits per heavy atom. The molecule has 0 atom stereocenters. The molecule has 0 aliphatic carbocycles. The Hall–Kier alpha value is -1.55. The van der Waals surface area contributed by atoms with E-state index in [1.54, 1.807) is 11.3 Å². The quantitative estimate of drug-likeness (QED) is 0.285. The van der Waals surface area contributed by atoms with Crippen LogP contribution < -0.4 is 15.4 Å². The Labute approximate surface area is 182 Å². The molecule has 0 unspecified atom stereocenters. The number of aliphatic imine (C=N–C) groups is 1. The van der Waals surface area contributed by atoms with Crippen molar-refractivity contribution in [2.45, 2.75) is 20.3 Å². The van der Waals surface area contributed by atoms with Gasteiger partial charge in [0.2, 0.25) is 0 Å². The highest BCUT2D eigenvalue weighted by atomic mass is 127. The maximum atomic E-state index is 6.16. The van der Waals surface area contributed by atoms with E-state index in [2.05, 4.69) is 51.8 Å². The van der Waals surface area contributed by atoms with Gasteiger partial charge in [-0.1, -0.05) is 18.2 Å². The summed E-state index contributed by atoms with van der Waals surface area (Å²) >= 11 is 1.68. The molecule has 3 rings (SSSR count). The normalized spacial score (nSPS) is 14.8. The fourth-order valence-electron chi connectivity index (χ4n) is 3.06. The molecule has 8 heteroatoms. The summed E-state index contributed by atoms with van der Waals surface area (Å²) in [5.74, 6) is 1.62. The highest BCUT2D eigenvalue weighted by Gasteiger charge is 2.19. The first-order chi connectivity index (χ1) is 12.6. The van der Waals surface area contributed by atoms with Crippen LogP contribution in [-0.4, -0.2) is 55.2 Å². The van der Waals surface area contributed by atoms with E-state index in [1.165, 1.54) is 11.1 Å². The molecular weight excluding hydrogens is 473 g/mol. The van der Waals surface area contributed by atoms with E-state index < -0.39 is 0 Å². The highest BCUT2D eigenvalue weighted by Crippen LogP contribution is 2.22. The Kier molecular flexibility index (Phi) is 8.62. The summed E-state index contributed by atoms with van der Waals surface area (Å²) in [6.45, 7) is 9.11. The van der Waals surface area contributed by atoms with Gasteiger partial charge in [0.15, 0.2) is 11.1 Å².